The predicted octanol–water partition coefficient (Wildman–Crippen LogP) is 2.28. The molecule has 0 bridgehead atoms. The van der Waals surface area contributed by atoms with E-state index in [9.17, 15) is 13.2 Å². The van der Waals surface area contributed by atoms with Gasteiger partial charge in [-0.2, -0.15) is 13.2 Å². The number of nitrogens with zero attached hydrogens (tertiary/aromatic N) is 1. The SMILES string of the molecule is COCCN(C)CC(N)c1ccccc1C(F)(F)F. The van der Waals surface area contributed by atoms with Crippen molar-refractivity contribution in [2.45, 2.75) is 12.2 Å². The smallest absolute Gasteiger partial charge is 0.383 e. The number of likely N-dealkylation sites (N-methyl/N-ethyl adjacent to an activating group) is 1. The number of methoxy groups -OCH3 is 1. The molecule has 1 rings (SSSR count). The highest BCUT2D eigenvalue weighted by atomic mass is 19.4. The second-order valence-electron chi connectivity index (χ2n) is 4.45. The maximum absolute atomic E-state index is 12.9. The number of hydrogen-bond donors (Lipinski definition) is 1. The van der Waals surface area contributed by atoms with Crippen molar-refractivity contribution in [3.8, 4) is 0 Å². The minimum absolute atomic E-state index is 0.124. The monoisotopic (exact) mass is 276 g/mol. The van der Waals surface area contributed by atoms with Crippen LogP contribution in [0.5, 0.6) is 0 Å². The van der Waals surface area contributed by atoms with E-state index in [0.29, 0.717) is 19.7 Å². The van der Waals surface area contributed by atoms with Gasteiger partial charge in [0.15, 0.2) is 0 Å². The zero-order valence-electron chi connectivity index (χ0n) is 11.1. The molecule has 1 aromatic carbocycles. The van der Waals surface area contributed by atoms with Crippen molar-refractivity contribution in [1.82, 2.24) is 4.90 Å². The van der Waals surface area contributed by atoms with Crippen LogP contribution in [-0.4, -0.2) is 38.8 Å². The lowest BCUT2D eigenvalue weighted by Crippen LogP contribution is -2.32. The molecular formula is C13H19F3N2O. The van der Waals surface area contributed by atoms with Gasteiger partial charge in [0.05, 0.1) is 12.2 Å². The van der Waals surface area contributed by atoms with Gasteiger partial charge in [0.25, 0.3) is 0 Å². The van der Waals surface area contributed by atoms with Crippen molar-refractivity contribution in [1.29, 1.82) is 0 Å². The molecule has 0 spiro atoms. The molecular weight excluding hydrogens is 257 g/mol. The minimum Gasteiger partial charge on any atom is -0.383 e. The average Bonchev–Trinajstić information content (AvgIpc) is 2.35. The number of nitrogens with two attached hydrogens (primary N) is 1. The molecule has 0 aliphatic heterocycles. The van der Waals surface area contributed by atoms with Crippen molar-refractivity contribution in [3.05, 3.63) is 35.4 Å². The van der Waals surface area contributed by atoms with Crippen LogP contribution in [0.25, 0.3) is 0 Å². The maximum atomic E-state index is 12.9. The number of alkyl halides is 3. The second kappa shape index (κ2) is 6.88. The van der Waals surface area contributed by atoms with Crippen LogP contribution in [0, 0.1) is 0 Å². The molecule has 1 aromatic rings. The minimum atomic E-state index is -4.38. The Labute approximate surface area is 111 Å². The van der Waals surface area contributed by atoms with Crippen molar-refractivity contribution in [2.75, 3.05) is 33.9 Å². The van der Waals surface area contributed by atoms with E-state index in [1.807, 2.05) is 4.90 Å². The Bertz CT molecular complexity index is 396. The molecule has 0 heterocycles. The summed E-state index contributed by atoms with van der Waals surface area (Å²) >= 11 is 0. The summed E-state index contributed by atoms with van der Waals surface area (Å²) < 4.78 is 43.5. The summed E-state index contributed by atoms with van der Waals surface area (Å²) in [6.45, 7) is 1.49. The first-order chi connectivity index (χ1) is 8.86. The first kappa shape index (κ1) is 15.9. The van der Waals surface area contributed by atoms with Gasteiger partial charge >= 0.3 is 6.18 Å². The van der Waals surface area contributed by atoms with Crippen LogP contribution in [0.1, 0.15) is 17.2 Å². The predicted molar refractivity (Wildman–Crippen MR) is 67.7 cm³/mol. The molecule has 0 amide bonds. The fourth-order valence-corrected chi connectivity index (χ4v) is 1.85. The second-order valence-corrected chi connectivity index (χ2v) is 4.45. The maximum Gasteiger partial charge on any atom is 0.416 e. The van der Waals surface area contributed by atoms with Gasteiger partial charge in [0.2, 0.25) is 0 Å². The van der Waals surface area contributed by atoms with E-state index in [-0.39, 0.29) is 5.56 Å². The summed E-state index contributed by atoms with van der Waals surface area (Å²) in [4.78, 5) is 1.85. The van der Waals surface area contributed by atoms with Crippen molar-refractivity contribution in [3.63, 3.8) is 0 Å². The number of benzene rings is 1. The highest BCUT2D eigenvalue weighted by molar-refractivity contribution is 5.32. The molecule has 1 unspecified atom stereocenters. The van der Waals surface area contributed by atoms with Gasteiger partial charge in [0, 0.05) is 26.2 Å². The Hall–Kier alpha value is -1.11. The fourth-order valence-electron chi connectivity index (χ4n) is 1.85. The van der Waals surface area contributed by atoms with E-state index < -0.39 is 17.8 Å². The number of hydrogen-bond acceptors (Lipinski definition) is 3. The first-order valence-electron chi connectivity index (χ1n) is 5.95. The summed E-state index contributed by atoms with van der Waals surface area (Å²) in [5.41, 5.74) is 5.34. The zero-order valence-corrected chi connectivity index (χ0v) is 11.1. The lowest BCUT2D eigenvalue weighted by Gasteiger charge is -2.23. The van der Waals surface area contributed by atoms with Crippen LogP contribution in [0.3, 0.4) is 0 Å². The lowest BCUT2D eigenvalue weighted by atomic mass is 10.00. The number of rotatable bonds is 6. The third kappa shape index (κ3) is 4.81. The van der Waals surface area contributed by atoms with Crippen LogP contribution in [0.15, 0.2) is 24.3 Å². The van der Waals surface area contributed by atoms with Crippen molar-refractivity contribution < 1.29 is 17.9 Å². The molecule has 0 fully saturated rings. The van der Waals surface area contributed by atoms with Crippen LogP contribution < -0.4 is 5.73 Å². The van der Waals surface area contributed by atoms with E-state index in [2.05, 4.69) is 0 Å². The van der Waals surface area contributed by atoms with E-state index >= 15 is 0 Å². The van der Waals surface area contributed by atoms with E-state index in [1.165, 1.54) is 12.1 Å². The van der Waals surface area contributed by atoms with Gasteiger partial charge < -0.3 is 15.4 Å². The number of ether oxygens (including phenoxy) is 1. The largest absolute Gasteiger partial charge is 0.416 e. The fraction of sp³-hybridized carbons (Fsp3) is 0.538. The normalized spacial score (nSPS) is 13.8. The van der Waals surface area contributed by atoms with E-state index in [0.717, 1.165) is 6.07 Å². The lowest BCUT2D eigenvalue weighted by molar-refractivity contribution is -0.138. The van der Waals surface area contributed by atoms with Crippen LogP contribution in [0.4, 0.5) is 13.2 Å². The Morgan fingerprint density at radius 1 is 1.32 bits per heavy atom. The molecule has 19 heavy (non-hydrogen) atoms. The summed E-state index contributed by atoms with van der Waals surface area (Å²) in [5.74, 6) is 0. The molecule has 108 valence electrons. The summed E-state index contributed by atoms with van der Waals surface area (Å²) in [5, 5.41) is 0. The molecule has 0 aliphatic rings. The van der Waals surface area contributed by atoms with E-state index in [4.69, 9.17) is 10.5 Å². The van der Waals surface area contributed by atoms with Crippen LogP contribution >= 0.6 is 0 Å². The number of halogens is 3. The van der Waals surface area contributed by atoms with Gasteiger partial charge in [-0.05, 0) is 18.7 Å². The molecule has 0 aliphatic carbocycles. The van der Waals surface area contributed by atoms with E-state index in [1.54, 1.807) is 20.2 Å². The molecule has 0 aromatic heterocycles. The van der Waals surface area contributed by atoms with Gasteiger partial charge in [-0.15, -0.1) is 0 Å². The molecule has 0 saturated carbocycles. The van der Waals surface area contributed by atoms with Crippen LogP contribution in [-0.2, 0) is 10.9 Å². The Kier molecular flexibility index (Phi) is 5.78. The van der Waals surface area contributed by atoms with Crippen LogP contribution in [0.2, 0.25) is 0 Å². The van der Waals surface area contributed by atoms with Gasteiger partial charge in [0.1, 0.15) is 0 Å². The third-order valence-electron chi connectivity index (χ3n) is 2.85. The summed E-state index contributed by atoms with van der Waals surface area (Å²) in [7, 11) is 3.38. The molecule has 0 saturated heterocycles. The zero-order chi connectivity index (χ0) is 14.5. The molecule has 0 radical (unpaired) electrons. The highest BCUT2D eigenvalue weighted by Gasteiger charge is 2.34. The van der Waals surface area contributed by atoms with Crippen molar-refractivity contribution >= 4 is 0 Å². The molecule has 6 heteroatoms. The summed E-state index contributed by atoms with van der Waals surface area (Å²) in [6, 6.07) is 4.75. The first-order valence-corrected chi connectivity index (χ1v) is 5.95. The third-order valence-corrected chi connectivity index (χ3v) is 2.85. The Balaban J connectivity index is 2.79. The average molecular weight is 276 g/mol. The van der Waals surface area contributed by atoms with Gasteiger partial charge in [-0.3, -0.25) is 0 Å². The van der Waals surface area contributed by atoms with Crippen molar-refractivity contribution in [2.24, 2.45) is 5.73 Å². The quantitative estimate of drug-likeness (QED) is 0.866. The summed E-state index contributed by atoms with van der Waals surface area (Å²) in [6.07, 6.45) is -4.38. The van der Waals surface area contributed by atoms with Gasteiger partial charge in [-0.1, -0.05) is 18.2 Å². The molecule has 2 N–H and O–H groups in total. The Morgan fingerprint density at radius 2 is 1.95 bits per heavy atom. The standard InChI is InChI=1S/C13H19F3N2O/c1-18(7-8-19-2)9-12(17)10-5-3-4-6-11(10)13(14,15)16/h3-6,12H,7-9,17H2,1-2H3. The topological polar surface area (TPSA) is 38.5 Å². The highest BCUT2D eigenvalue weighted by Crippen LogP contribution is 2.33. The van der Waals surface area contributed by atoms with Gasteiger partial charge in [-0.25, -0.2) is 0 Å². The molecule has 1 atom stereocenters. The molecule has 3 nitrogen and oxygen atoms in total. The Morgan fingerprint density at radius 3 is 2.53 bits per heavy atom.